The van der Waals surface area contributed by atoms with Gasteiger partial charge in [0, 0.05) is 12.5 Å². The molecular weight excluding hydrogens is 188 g/mol. The van der Waals surface area contributed by atoms with E-state index < -0.39 is 0 Å². The van der Waals surface area contributed by atoms with Crippen molar-refractivity contribution in [2.75, 3.05) is 20.1 Å². The molecule has 1 aliphatic rings. The summed E-state index contributed by atoms with van der Waals surface area (Å²) in [6, 6.07) is 0. The third-order valence-corrected chi connectivity index (χ3v) is 3.13. The number of amides is 1. The molecule has 0 unspecified atom stereocenters. The van der Waals surface area contributed by atoms with E-state index >= 15 is 0 Å². The highest BCUT2D eigenvalue weighted by Crippen LogP contribution is 2.22. The first kappa shape index (κ1) is 12.5. The van der Waals surface area contributed by atoms with Gasteiger partial charge in [0.05, 0.1) is 0 Å². The minimum Gasteiger partial charge on any atom is -0.356 e. The smallest absolute Gasteiger partial charge is 0.223 e. The summed E-state index contributed by atoms with van der Waals surface area (Å²) in [5, 5.41) is 6.12. The monoisotopic (exact) mass is 212 g/mol. The molecule has 3 nitrogen and oxygen atoms in total. The van der Waals surface area contributed by atoms with E-state index in [2.05, 4.69) is 10.6 Å². The Morgan fingerprint density at radius 1 is 1.13 bits per heavy atom. The van der Waals surface area contributed by atoms with E-state index in [0.717, 1.165) is 32.4 Å². The van der Waals surface area contributed by atoms with E-state index in [1.807, 2.05) is 7.05 Å². The molecule has 88 valence electrons. The molecule has 0 heterocycles. The van der Waals surface area contributed by atoms with Crippen molar-refractivity contribution in [3.05, 3.63) is 0 Å². The third kappa shape index (κ3) is 5.17. The number of nitrogens with one attached hydrogen (secondary N) is 2. The average Bonchev–Trinajstić information content (AvgIpc) is 2.52. The van der Waals surface area contributed by atoms with Crippen LogP contribution in [0.4, 0.5) is 0 Å². The molecular formula is C12H24N2O. The van der Waals surface area contributed by atoms with E-state index in [1.165, 1.54) is 25.7 Å². The van der Waals surface area contributed by atoms with Crippen molar-refractivity contribution >= 4 is 5.91 Å². The maximum atomic E-state index is 11.8. The second kappa shape index (κ2) is 7.69. The van der Waals surface area contributed by atoms with E-state index in [1.54, 1.807) is 0 Å². The summed E-state index contributed by atoms with van der Waals surface area (Å²) in [5.41, 5.74) is 0. The molecule has 2 N–H and O–H groups in total. The summed E-state index contributed by atoms with van der Waals surface area (Å²) in [6.07, 6.45) is 8.29. The van der Waals surface area contributed by atoms with Gasteiger partial charge >= 0.3 is 0 Å². The molecule has 0 aromatic rings. The standard InChI is InChI=1S/C12H24N2O/c1-13-9-6-10-14-12(15)11-7-4-2-3-5-8-11/h11,13H,2-10H2,1H3,(H,14,15). The quantitative estimate of drug-likeness (QED) is 0.538. The number of carbonyl (C=O) groups is 1. The van der Waals surface area contributed by atoms with Crippen molar-refractivity contribution in [3.8, 4) is 0 Å². The Kier molecular flexibility index (Phi) is 6.41. The van der Waals surface area contributed by atoms with Crippen LogP contribution in [-0.2, 0) is 4.79 Å². The van der Waals surface area contributed by atoms with Crippen LogP contribution in [0.25, 0.3) is 0 Å². The number of hydrogen-bond donors (Lipinski definition) is 2. The van der Waals surface area contributed by atoms with Gasteiger partial charge in [-0.3, -0.25) is 4.79 Å². The van der Waals surface area contributed by atoms with Crippen LogP contribution in [-0.4, -0.2) is 26.0 Å². The SMILES string of the molecule is CNCCCNC(=O)C1CCCCCC1. The number of carbonyl (C=O) groups excluding carboxylic acids is 1. The van der Waals surface area contributed by atoms with Crippen molar-refractivity contribution in [1.29, 1.82) is 0 Å². The Bertz CT molecular complexity index is 174. The van der Waals surface area contributed by atoms with Crippen LogP contribution < -0.4 is 10.6 Å². The Labute approximate surface area is 93.0 Å². The van der Waals surface area contributed by atoms with Gasteiger partial charge in [-0.2, -0.15) is 0 Å². The van der Waals surface area contributed by atoms with Gasteiger partial charge in [-0.25, -0.2) is 0 Å². The van der Waals surface area contributed by atoms with Crippen molar-refractivity contribution in [1.82, 2.24) is 10.6 Å². The molecule has 0 radical (unpaired) electrons. The fourth-order valence-corrected chi connectivity index (χ4v) is 2.16. The highest BCUT2D eigenvalue weighted by molar-refractivity contribution is 5.78. The van der Waals surface area contributed by atoms with Gasteiger partial charge in [0.2, 0.25) is 5.91 Å². The molecule has 0 aliphatic heterocycles. The molecule has 1 rings (SSSR count). The minimum absolute atomic E-state index is 0.285. The second-order valence-corrected chi connectivity index (χ2v) is 4.44. The molecule has 0 saturated heterocycles. The predicted octanol–water partition coefficient (Wildman–Crippen LogP) is 1.68. The van der Waals surface area contributed by atoms with Gasteiger partial charge in [-0.15, -0.1) is 0 Å². The van der Waals surface area contributed by atoms with Crippen LogP contribution in [0, 0.1) is 5.92 Å². The van der Waals surface area contributed by atoms with Crippen molar-refractivity contribution < 1.29 is 4.79 Å². The van der Waals surface area contributed by atoms with Gasteiger partial charge < -0.3 is 10.6 Å². The summed E-state index contributed by atoms with van der Waals surface area (Å²) in [7, 11) is 1.94. The lowest BCUT2D eigenvalue weighted by atomic mass is 9.99. The maximum absolute atomic E-state index is 11.8. The van der Waals surface area contributed by atoms with E-state index in [4.69, 9.17) is 0 Å². The lowest BCUT2D eigenvalue weighted by Gasteiger charge is -2.13. The van der Waals surface area contributed by atoms with Crippen LogP contribution in [0.5, 0.6) is 0 Å². The van der Waals surface area contributed by atoms with Gasteiger partial charge in [-0.05, 0) is 32.9 Å². The second-order valence-electron chi connectivity index (χ2n) is 4.44. The first-order chi connectivity index (χ1) is 7.34. The van der Waals surface area contributed by atoms with E-state index in [-0.39, 0.29) is 5.91 Å². The fourth-order valence-electron chi connectivity index (χ4n) is 2.16. The molecule has 3 heteroatoms. The number of rotatable bonds is 5. The summed E-state index contributed by atoms with van der Waals surface area (Å²) in [5.74, 6) is 0.579. The average molecular weight is 212 g/mol. The van der Waals surface area contributed by atoms with Crippen molar-refractivity contribution in [3.63, 3.8) is 0 Å². The molecule has 0 atom stereocenters. The van der Waals surface area contributed by atoms with Crippen LogP contribution in [0.2, 0.25) is 0 Å². The molecule has 0 spiro atoms. The summed E-state index contributed by atoms with van der Waals surface area (Å²) >= 11 is 0. The highest BCUT2D eigenvalue weighted by atomic mass is 16.1. The highest BCUT2D eigenvalue weighted by Gasteiger charge is 2.19. The third-order valence-electron chi connectivity index (χ3n) is 3.13. The summed E-state index contributed by atoms with van der Waals surface area (Å²) in [6.45, 7) is 1.79. The molecule has 0 aromatic heterocycles. The van der Waals surface area contributed by atoms with Gasteiger partial charge in [0.25, 0.3) is 0 Å². The van der Waals surface area contributed by atoms with Gasteiger partial charge in [-0.1, -0.05) is 25.7 Å². The lowest BCUT2D eigenvalue weighted by Crippen LogP contribution is -2.32. The summed E-state index contributed by atoms with van der Waals surface area (Å²) < 4.78 is 0. The largest absolute Gasteiger partial charge is 0.356 e. The van der Waals surface area contributed by atoms with Crippen LogP contribution in [0.15, 0.2) is 0 Å². The molecule has 1 aliphatic carbocycles. The Morgan fingerprint density at radius 3 is 2.40 bits per heavy atom. The zero-order valence-electron chi connectivity index (χ0n) is 9.85. The molecule has 1 amide bonds. The first-order valence-corrected chi connectivity index (χ1v) is 6.27. The topological polar surface area (TPSA) is 41.1 Å². The predicted molar refractivity (Wildman–Crippen MR) is 62.7 cm³/mol. The van der Waals surface area contributed by atoms with E-state index in [0.29, 0.717) is 5.92 Å². The van der Waals surface area contributed by atoms with Gasteiger partial charge in [0.1, 0.15) is 0 Å². The fraction of sp³-hybridized carbons (Fsp3) is 0.917. The Morgan fingerprint density at radius 2 is 1.80 bits per heavy atom. The maximum Gasteiger partial charge on any atom is 0.223 e. The molecule has 15 heavy (non-hydrogen) atoms. The molecule has 0 aromatic carbocycles. The normalized spacial score (nSPS) is 18.5. The minimum atomic E-state index is 0.285. The lowest BCUT2D eigenvalue weighted by molar-refractivity contribution is -0.125. The van der Waals surface area contributed by atoms with Crippen LogP contribution >= 0.6 is 0 Å². The van der Waals surface area contributed by atoms with Crippen molar-refractivity contribution in [2.24, 2.45) is 5.92 Å². The van der Waals surface area contributed by atoms with Gasteiger partial charge in [0.15, 0.2) is 0 Å². The zero-order chi connectivity index (χ0) is 10.9. The van der Waals surface area contributed by atoms with E-state index in [9.17, 15) is 4.79 Å². The number of hydrogen-bond acceptors (Lipinski definition) is 2. The van der Waals surface area contributed by atoms with Crippen LogP contribution in [0.1, 0.15) is 44.9 Å². The van der Waals surface area contributed by atoms with Crippen LogP contribution in [0.3, 0.4) is 0 Å². The Hall–Kier alpha value is -0.570. The molecule has 0 bridgehead atoms. The summed E-state index contributed by atoms with van der Waals surface area (Å²) in [4.78, 5) is 11.8. The first-order valence-electron chi connectivity index (χ1n) is 6.27. The molecule has 1 fully saturated rings. The zero-order valence-corrected chi connectivity index (χ0v) is 9.85. The molecule has 1 saturated carbocycles. The van der Waals surface area contributed by atoms with Crippen molar-refractivity contribution in [2.45, 2.75) is 44.9 Å². The Balaban J connectivity index is 2.14.